The lowest BCUT2D eigenvalue weighted by molar-refractivity contribution is 0.481. The number of hydrogen-bond acceptors (Lipinski definition) is 4. The summed E-state index contributed by atoms with van der Waals surface area (Å²) < 4.78 is 0. The summed E-state index contributed by atoms with van der Waals surface area (Å²) in [5.41, 5.74) is 0. The molecular formula is C16H20N4. The maximum absolute atomic E-state index is 4.46. The molecule has 0 bridgehead atoms. The van der Waals surface area contributed by atoms with Crippen molar-refractivity contribution in [1.29, 1.82) is 0 Å². The Labute approximate surface area is 119 Å². The lowest BCUT2D eigenvalue weighted by Crippen LogP contribution is -2.44. The van der Waals surface area contributed by atoms with Gasteiger partial charge in [0.1, 0.15) is 0 Å². The molecule has 0 aliphatic carbocycles. The van der Waals surface area contributed by atoms with Crippen molar-refractivity contribution in [2.45, 2.75) is 37.8 Å². The van der Waals surface area contributed by atoms with E-state index in [0.29, 0.717) is 12.1 Å². The third-order valence-corrected chi connectivity index (χ3v) is 4.69. The lowest BCUT2D eigenvalue weighted by atomic mass is 10.0. The molecule has 0 spiro atoms. The van der Waals surface area contributed by atoms with Crippen LogP contribution < -0.4 is 10.2 Å². The van der Waals surface area contributed by atoms with E-state index in [1.807, 2.05) is 6.20 Å². The van der Waals surface area contributed by atoms with Crippen molar-refractivity contribution in [2.75, 3.05) is 18.0 Å². The van der Waals surface area contributed by atoms with Gasteiger partial charge in [-0.25, -0.2) is 0 Å². The molecule has 1 aromatic carbocycles. The number of aromatic nitrogens is 2. The molecule has 2 aliphatic heterocycles. The molecule has 4 heteroatoms. The van der Waals surface area contributed by atoms with Crippen LogP contribution in [0.15, 0.2) is 30.5 Å². The third kappa shape index (κ3) is 1.95. The average Bonchev–Trinajstić information content (AvgIpc) is 3.17. The number of benzene rings is 1. The highest BCUT2D eigenvalue weighted by Gasteiger charge is 2.34. The van der Waals surface area contributed by atoms with Crippen LogP contribution in [-0.2, 0) is 0 Å². The number of hydrogen-bond donors (Lipinski definition) is 1. The van der Waals surface area contributed by atoms with Gasteiger partial charge in [0.05, 0.1) is 6.20 Å². The van der Waals surface area contributed by atoms with Crippen LogP contribution in [0.1, 0.15) is 25.7 Å². The van der Waals surface area contributed by atoms with E-state index >= 15 is 0 Å². The van der Waals surface area contributed by atoms with Gasteiger partial charge in [-0.3, -0.25) is 0 Å². The Morgan fingerprint density at radius 2 is 2.10 bits per heavy atom. The number of nitrogens with one attached hydrogen (secondary N) is 1. The number of fused-ring (bicyclic) bond motifs is 1. The molecule has 1 N–H and O–H groups in total. The summed E-state index contributed by atoms with van der Waals surface area (Å²) in [6.45, 7) is 2.27. The Morgan fingerprint density at radius 1 is 1.15 bits per heavy atom. The van der Waals surface area contributed by atoms with E-state index in [9.17, 15) is 0 Å². The van der Waals surface area contributed by atoms with Gasteiger partial charge >= 0.3 is 0 Å². The van der Waals surface area contributed by atoms with E-state index in [2.05, 4.69) is 44.7 Å². The first kappa shape index (κ1) is 12.1. The topological polar surface area (TPSA) is 41.0 Å². The molecule has 4 rings (SSSR count). The summed E-state index contributed by atoms with van der Waals surface area (Å²) in [7, 11) is 0. The molecule has 20 heavy (non-hydrogen) atoms. The van der Waals surface area contributed by atoms with Crippen molar-refractivity contribution in [3.05, 3.63) is 30.5 Å². The summed E-state index contributed by atoms with van der Waals surface area (Å²) >= 11 is 0. The van der Waals surface area contributed by atoms with Crippen LogP contribution in [0.25, 0.3) is 10.8 Å². The predicted octanol–water partition coefficient (Wildman–Crippen LogP) is 2.35. The predicted molar refractivity (Wildman–Crippen MR) is 80.9 cm³/mol. The SMILES string of the molecule is c1ccc2c(N3CCCC3C3CCCN3)nncc2c1. The summed E-state index contributed by atoms with van der Waals surface area (Å²) in [6, 6.07) is 9.64. The minimum Gasteiger partial charge on any atom is -0.350 e. The quantitative estimate of drug-likeness (QED) is 0.907. The molecule has 0 amide bonds. The zero-order valence-electron chi connectivity index (χ0n) is 11.6. The van der Waals surface area contributed by atoms with Gasteiger partial charge < -0.3 is 10.2 Å². The van der Waals surface area contributed by atoms with Gasteiger partial charge in [-0.2, -0.15) is 5.10 Å². The largest absolute Gasteiger partial charge is 0.350 e. The van der Waals surface area contributed by atoms with Gasteiger partial charge in [-0.05, 0) is 32.2 Å². The van der Waals surface area contributed by atoms with E-state index in [4.69, 9.17) is 0 Å². The molecule has 2 saturated heterocycles. The maximum atomic E-state index is 4.46. The van der Waals surface area contributed by atoms with Gasteiger partial charge in [0.25, 0.3) is 0 Å². The number of anilines is 1. The second-order valence-corrected chi connectivity index (χ2v) is 5.86. The smallest absolute Gasteiger partial charge is 0.159 e. The Bertz CT molecular complexity index is 601. The second-order valence-electron chi connectivity index (χ2n) is 5.86. The van der Waals surface area contributed by atoms with Crippen LogP contribution in [0.5, 0.6) is 0 Å². The molecule has 2 unspecified atom stereocenters. The molecule has 4 nitrogen and oxygen atoms in total. The van der Waals surface area contributed by atoms with Crippen molar-refractivity contribution in [1.82, 2.24) is 15.5 Å². The molecule has 104 valence electrons. The first-order valence-electron chi connectivity index (χ1n) is 7.64. The lowest BCUT2D eigenvalue weighted by Gasteiger charge is -2.30. The highest BCUT2D eigenvalue weighted by molar-refractivity contribution is 5.91. The standard InChI is InChI=1S/C16H20N4/c1-2-6-13-12(5-1)11-18-19-16(13)20-10-4-8-15(20)14-7-3-9-17-14/h1-2,5-6,11,14-15,17H,3-4,7-10H2. The van der Waals surface area contributed by atoms with Crippen molar-refractivity contribution in [3.8, 4) is 0 Å². The normalized spacial score (nSPS) is 26.5. The Hall–Kier alpha value is -1.68. The van der Waals surface area contributed by atoms with E-state index in [1.165, 1.54) is 36.5 Å². The van der Waals surface area contributed by atoms with Crippen LogP contribution in [0.4, 0.5) is 5.82 Å². The molecule has 2 aliphatic rings. The van der Waals surface area contributed by atoms with Gasteiger partial charge in [-0.15, -0.1) is 5.10 Å². The molecule has 3 heterocycles. The zero-order valence-corrected chi connectivity index (χ0v) is 11.6. The number of rotatable bonds is 2. The van der Waals surface area contributed by atoms with Crippen molar-refractivity contribution >= 4 is 16.6 Å². The molecule has 2 aromatic rings. The molecule has 0 radical (unpaired) electrons. The maximum Gasteiger partial charge on any atom is 0.159 e. The molecule has 2 fully saturated rings. The third-order valence-electron chi connectivity index (χ3n) is 4.69. The fourth-order valence-corrected chi connectivity index (χ4v) is 3.74. The molecule has 2 atom stereocenters. The minimum atomic E-state index is 0.581. The monoisotopic (exact) mass is 268 g/mol. The molecule has 0 saturated carbocycles. The summed E-state index contributed by atoms with van der Waals surface area (Å²) in [6.07, 6.45) is 6.98. The Morgan fingerprint density at radius 3 is 3.00 bits per heavy atom. The van der Waals surface area contributed by atoms with E-state index in [-0.39, 0.29) is 0 Å². The Kier molecular flexibility index (Phi) is 3.03. The fourth-order valence-electron chi connectivity index (χ4n) is 3.74. The Balaban J connectivity index is 1.74. The molecular weight excluding hydrogens is 248 g/mol. The summed E-state index contributed by atoms with van der Waals surface area (Å²) in [5, 5.41) is 14.7. The molecule has 1 aromatic heterocycles. The van der Waals surface area contributed by atoms with E-state index < -0.39 is 0 Å². The van der Waals surface area contributed by atoms with E-state index in [1.54, 1.807) is 0 Å². The zero-order chi connectivity index (χ0) is 13.4. The van der Waals surface area contributed by atoms with Gasteiger partial charge in [0.15, 0.2) is 5.82 Å². The first-order chi connectivity index (χ1) is 9.93. The summed E-state index contributed by atoms with van der Waals surface area (Å²) in [5.74, 6) is 1.07. The van der Waals surface area contributed by atoms with Crippen LogP contribution in [0, 0.1) is 0 Å². The van der Waals surface area contributed by atoms with Gasteiger partial charge in [0, 0.05) is 29.4 Å². The van der Waals surface area contributed by atoms with E-state index in [0.717, 1.165) is 18.9 Å². The van der Waals surface area contributed by atoms with Crippen molar-refractivity contribution < 1.29 is 0 Å². The summed E-state index contributed by atoms with van der Waals surface area (Å²) in [4.78, 5) is 2.48. The minimum absolute atomic E-state index is 0.581. The van der Waals surface area contributed by atoms with Crippen molar-refractivity contribution in [2.24, 2.45) is 0 Å². The van der Waals surface area contributed by atoms with Crippen LogP contribution >= 0.6 is 0 Å². The average molecular weight is 268 g/mol. The second kappa shape index (κ2) is 5.02. The number of nitrogens with zero attached hydrogens (tertiary/aromatic N) is 3. The van der Waals surface area contributed by atoms with Crippen LogP contribution in [0.3, 0.4) is 0 Å². The first-order valence-corrected chi connectivity index (χ1v) is 7.64. The van der Waals surface area contributed by atoms with Gasteiger partial charge in [-0.1, -0.05) is 24.3 Å². The van der Waals surface area contributed by atoms with Crippen molar-refractivity contribution in [3.63, 3.8) is 0 Å². The van der Waals surface area contributed by atoms with Gasteiger partial charge in [0.2, 0.25) is 0 Å². The van der Waals surface area contributed by atoms with Crippen LogP contribution in [0.2, 0.25) is 0 Å². The fraction of sp³-hybridized carbons (Fsp3) is 0.500. The highest BCUT2D eigenvalue weighted by atomic mass is 15.3. The highest BCUT2D eigenvalue weighted by Crippen LogP contribution is 2.32. The van der Waals surface area contributed by atoms with Crippen LogP contribution in [-0.4, -0.2) is 35.4 Å².